The summed E-state index contributed by atoms with van der Waals surface area (Å²) in [6.45, 7) is 1.45. The van der Waals surface area contributed by atoms with Gasteiger partial charge in [-0.2, -0.15) is 5.26 Å². The molecule has 9 heavy (non-hydrogen) atoms. The fourth-order valence-corrected chi connectivity index (χ4v) is 1.06. The summed E-state index contributed by atoms with van der Waals surface area (Å²) >= 11 is 5.11. The second-order valence-electron chi connectivity index (χ2n) is 1.40. The van der Waals surface area contributed by atoms with Gasteiger partial charge in [-0.1, -0.05) is 18.5 Å². The highest BCUT2D eigenvalue weighted by atomic mass is 35.5. The Morgan fingerprint density at radius 3 is 2.33 bits per heavy atom. The third-order valence-electron chi connectivity index (χ3n) is 0.819. The topological polar surface area (TPSA) is 57.9 Å². The monoisotopic (exact) mass is 167 g/mol. The van der Waals surface area contributed by atoms with Crippen molar-refractivity contribution in [2.45, 2.75) is 11.6 Å². The van der Waals surface area contributed by atoms with E-state index in [0.29, 0.717) is 0 Å². The Morgan fingerprint density at radius 1 is 1.78 bits per heavy atom. The number of hydrogen-bond donors (Lipinski definition) is 0. The van der Waals surface area contributed by atoms with Gasteiger partial charge in [0.1, 0.15) is 0 Å². The van der Waals surface area contributed by atoms with Crippen molar-refractivity contribution >= 4 is 21.4 Å². The van der Waals surface area contributed by atoms with E-state index < -0.39 is 14.5 Å². The average Bonchev–Trinajstić information content (AvgIpc) is 1.86. The number of rotatable bonds is 2. The van der Waals surface area contributed by atoms with Crippen molar-refractivity contribution in [1.29, 1.82) is 5.26 Å². The van der Waals surface area contributed by atoms with E-state index >= 15 is 0 Å². The first-order chi connectivity index (χ1) is 4.04. The molecule has 0 aliphatic heterocycles. The zero-order valence-electron chi connectivity index (χ0n) is 4.83. The maximum Gasteiger partial charge on any atom is 0.220 e. The van der Waals surface area contributed by atoms with Crippen LogP contribution in [0.25, 0.3) is 0 Å². The summed E-state index contributed by atoms with van der Waals surface area (Å²) in [6.07, 6.45) is 0. The van der Waals surface area contributed by atoms with Crippen molar-refractivity contribution in [3.8, 4) is 6.07 Å². The molecule has 5 heteroatoms. The fourth-order valence-electron chi connectivity index (χ4n) is 0.227. The largest absolute Gasteiger partial charge is 0.226 e. The van der Waals surface area contributed by atoms with E-state index in [2.05, 4.69) is 0 Å². The fraction of sp³-hybridized carbons (Fsp3) is 0.750. The molecular weight excluding hydrogens is 162 g/mol. The first-order valence-corrected chi connectivity index (χ1v) is 4.45. The van der Waals surface area contributed by atoms with Crippen molar-refractivity contribution in [3.05, 3.63) is 0 Å². The smallest absolute Gasteiger partial charge is 0.220 e. The molecule has 0 rings (SSSR count). The molecule has 0 aromatic carbocycles. The molecule has 0 aliphatic carbocycles. The molecule has 0 saturated carbocycles. The minimum atomic E-state index is -3.34. The Kier molecular flexibility index (Phi) is 2.95. The molecule has 0 fully saturated rings. The minimum absolute atomic E-state index is 0.0886. The summed E-state index contributed by atoms with van der Waals surface area (Å²) in [4.78, 5) is 0. The minimum Gasteiger partial charge on any atom is -0.226 e. The third-order valence-corrected chi connectivity index (χ3v) is 3.27. The van der Waals surface area contributed by atoms with Crippen LogP contribution in [0.4, 0.5) is 0 Å². The van der Waals surface area contributed by atoms with Crippen LogP contribution in [-0.2, 0) is 9.84 Å². The quantitative estimate of drug-likeness (QED) is 0.563. The second-order valence-corrected chi connectivity index (χ2v) is 4.47. The van der Waals surface area contributed by atoms with Gasteiger partial charge >= 0.3 is 0 Å². The molecule has 0 radical (unpaired) electrons. The van der Waals surface area contributed by atoms with Crippen LogP contribution in [-0.4, -0.2) is 18.9 Å². The van der Waals surface area contributed by atoms with Gasteiger partial charge in [0.25, 0.3) is 0 Å². The number of halogens is 1. The van der Waals surface area contributed by atoms with Gasteiger partial charge in [-0.25, -0.2) is 8.42 Å². The van der Waals surface area contributed by atoms with Crippen molar-refractivity contribution in [1.82, 2.24) is 0 Å². The van der Waals surface area contributed by atoms with Gasteiger partial charge in [0.15, 0.2) is 9.84 Å². The van der Waals surface area contributed by atoms with E-state index in [1.807, 2.05) is 0 Å². The highest BCUT2D eigenvalue weighted by Gasteiger charge is 2.19. The zero-order chi connectivity index (χ0) is 7.49. The first kappa shape index (κ1) is 8.73. The van der Waals surface area contributed by atoms with Crippen LogP contribution in [0.1, 0.15) is 6.92 Å². The molecule has 0 aliphatic rings. The Labute approximate surface area is 59.2 Å². The van der Waals surface area contributed by atoms with Crippen LogP contribution in [0.2, 0.25) is 0 Å². The van der Waals surface area contributed by atoms with E-state index in [0.717, 1.165) is 0 Å². The van der Waals surface area contributed by atoms with Crippen LogP contribution in [0.3, 0.4) is 0 Å². The standard InChI is InChI=1S/C4H6ClNO2S/c1-2-9(7,8)4(5)3-6/h4H,2H2,1H3/t4-/m0/s1. The van der Waals surface area contributed by atoms with Crippen molar-refractivity contribution < 1.29 is 8.42 Å². The van der Waals surface area contributed by atoms with E-state index in [1.165, 1.54) is 13.0 Å². The number of nitrogens with zero attached hydrogens (tertiary/aromatic N) is 1. The highest BCUT2D eigenvalue weighted by Crippen LogP contribution is 2.04. The van der Waals surface area contributed by atoms with E-state index in [-0.39, 0.29) is 5.75 Å². The van der Waals surface area contributed by atoms with E-state index in [9.17, 15) is 8.42 Å². The van der Waals surface area contributed by atoms with Crippen molar-refractivity contribution in [3.63, 3.8) is 0 Å². The van der Waals surface area contributed by atoms with Gasteiger partial charge in [-0.3, -0.25) is 0 Å². The summed E-state index contributed by atoms with van der Waals surface area (Å²) < 4.78 is 19.8. The molecule has 0 aromatic rings. The molecule has 0 saturated heterocycles. The normalized spacial score (nSPS) is 14.3. The van der Waals surface area contributed by atoms with Crippen LogP contribution in [0, 0.1) is 11.3 Å². The molecule has 1 atom stereocenters. The average molecular weight is 168 g/mol. The lowest BCUT2D eigenvalue weighted by molar-refractivity contribution is 0.598. The molecule has 0 unspecified atom stereocenters. The highest BCUT2D eigenvalue weighted by molar-refractivity contribution is 7.93. The van der Waals surface area contributed by atoms with Crippen molar-refractivity contribution in [2.75, 3.05) is 5.75 Å². The number of hydrogen-bond acceptors (Lipinski definition) is 3. The Hall–Kier alpha value is -0.270. The molecule has 0 N–H and O–H groups in total. The number of nitriles is 1. The molecular formula is C4H6ClNO2S. The van der Waals surface area contributed by atoms with Gasteiger partial charge < -0.3 is 0 Å². The lowest BCUT2D eigenvalue weighted by Crippen LogP contribution is -2.14. The van der Waals surface area contributed by atoms with Gasteiger partial charge in [0.2, 0.25) is 4.71 Å². The SMILES string of the molecule is CCS(=O)(=O)[C@H](Cl)C#N. The number of alkyl halides is 1. The summed E-state index contributed by atoms with van der Waals surface area (Å²) in [5.41, 5.74) is 0. The second kappa shape index (κ2) is 3.04. The van der Waals surface area contributed by atoms with Gasteiger partial charge in [-0.15, -0.1) is 0 Å². The number of sulfone groups is 1. The van der Waals surface area contributed by atoms with Crippen LogP contribution < -0.4 is 0 Å². The predicted octanol–water partition coefficient (Wildman–Crippen LogP) is 0.510. The first-order valence-electron chi connectivity index (χ1n) is 2.30. The predicted molar refractivity (Wildman–Crippen MR) is 34.7 cm³/mol. The molecule has 0 heterocycles. The van der Waals surface area contributed by atoms with Crippen molar-refractivity contribution in [2.24, 2.45) is 0 Å². The Bertz CT molecular complexity index is 215. The van der Waals surface area contributed by atoms with Gasteiger partial charge in [-0.05, 0) is 0 Å². The lowest BCUT2D eigenvalue weighted by Gasteiger charge is -1.96. The zero-order valence-corrected chi connectivity index (χ0v) is 6.41. The third kappa shape index (κ3) is 2.20. The maximum atomic E-state index is 10.6. The summed E-state index contributed by atoms with van der Waals surface area (Å²) in [7, 11) is -3.34. The van der Waals surface area contributed by atoms with Gasteiger partial charge in [0, 0.05) is 5.75 Å². The Morgan fingerprint density at radius 2 is 2.22 bits per heavy atom. The van der Waals surface area contributed by atoms with Gasteiger partial charge in [0.05, 0.1) is 6.07 Å². The summed E-state index contributed by atoms with van der Waals surface area (Å²) in [5.74, 6) is -0.0886. The van der Waals surface area contributed by atoms with Crippen LogP contribution in [0.5, 0.6) is 0 Å². The summed E-state index contributed by atoms with van der Waals surface area (Å²) in [6, 6.07) is 1.43. The van der Waals surface area contributed by atoms with Crippen LogP contribution >= 0.6 is 11.6 Å². The van der Waals surface area contributed by atoms with Crippen LogP contribution in [0.15, 0.2) is 0 Å². The molecule has 52 valence electrons. The molecule has 0 amide bonds. The summed E-state index contributed by atoms with van der Waals surface area (Å²) in [5, 5.41) is 8.04. The molecule has 0 bridgehead atoms. The lowest BCUT2D eigenvalue weighted by atomic mass is 10.9. The molecule has 0 spiro atoms. The van der Waals surface area contributed by atoms with E-state index in [4.69, 9.17) is 16.9 Å². The Balaban J connectivity index is 4.41. The molecule has 0 aromatic heterocycles. The van der Waals surface area contributed by atoms with E-state index in [1.54, 1.807) is 0 Å². The maximum absolute atomic E-state index is 10.6. The molecule has 3 nitrogen and oxygen atoms in total.